The lowest BCUT2D eigenvalue weighted by Gasteiger charge is -2.18. The van der Waals surface area contributed by atoms with Crippen molar-refractivity contribution in [2.24, 2.45) is 0 Å². The fourth-order valence-electron chi connectivity index (χ4n) is 1.36. The van der Waals surface area contributed by atoms with Crippen molar-refractivity contribution in [3.05, 3.63) is 54.7 Å². The normalized spacial score (nSPS) is 11.1. The Labute approximate surface area is 101 Å². The largest absolute Gasteiger partial charge is 0.281 e. The number of anilines is 1. The van der Waals surface area contributed by atoms with Gasteiger partial charge in [-0.15, -0.1) is 0 Å². The second-order valence-electron chi connectivity index (χ2n) is 3.40. The summed E-state index contributed by atoms with van der Waals surface area (Å²) in [6.45, 7) is 0. The van der Waals surface area contributed by atoms with E-state index in [1.54, 1.807) is 36.4 Å². The van der Waals surface area contributed by atoms with Gasteiger partial charge in [-0.3, -0.25) is 4.31 Å². The van der Waals surface area contributed by atoms with E-state index < -0.39 is 10.0 Å². The average Bonchev–Trinajstić information content (AvgIpc) is 2.40. The molecule has 0 aliphatic carbocycles. The third-order valence-corrected chi connectivity index (χ3v) is 4.02. The minimum absolute atomic E-state index is 0.0337. The fraction of sp³-hybridized carbons (Fsp3) is 0.0833. The van der Waals surface area contributed by atoms with Crippen molar-refractivity contribution < 1.29 is 8.42 Å². The SMILES string of the molecule is CN(c1c[c]ccc1)S(=O)(=O)c1ccccn1. The van der Waals surface area contributed by atoms with Crippen molar-refractivity contribution in [2.45, 2.75) is 5.03 Å². The molecule has 1 heterocycles. The number of nitrogens with zero attached hydrogens (tertiary/aromatic N) is 2. The van der Waals surface area contributed by atoms with Crippen LogP contribution in [0.25, 0.3) is 0 Å². The molecule has 1 aromatic heterocycles. The second kappa shape index (κ2) is 4.55. The summed E-state index contributed by atoms with van der Waals surface area (Å²) >= 11 is 0. The van der Waals surface area contributed by atoms with Gasteiger partial charge in [0.15, 0.2) is 5.03 Å². The van der Waals surface area contributed by atoms with Gasteiger partial charge in [0.05, 0.1) is 5.69 Å². The second-order valence-corrected chi connectivity index (χ2v) is 5.32. The molecule has 1 radical (unpaired) electrons. The summed E-state index contributed by atoms with van der Waals surface area (Å²) in [6.07, 6.45) is 1.46. The van der Waals surface area contributed by atoms with Crippen LogP contribution in [0, 0.1) is 6.07 Å². The van der Waals surface area contributed by atoms with Gasteiger partial charge in [0.25, 0.3) is 10.0 Å². The molecule has 0 aliphatic rings. The van der Waals surface area contributed by atoms with E-state index in [4.69, 9.17) is 0 Å². The van der Waals surface area contributed by atoms with Crippen molar-refractivity contribution in [3.63, 3.8) is 0 Å². The first kappa shape index (κ1) is 11.6. The molecule has 87 valence electrons. The molecule has 0 bridgehead atoms. The van der Waals surface area contributed by atoms with E-state index in [9.17, 15) is 8.42 Å². The summed E-state index contributed by atoms with van der Waals surface area (Å²) in [5, 5.41) is 0.0337. The van der Waals surface area contributed by atoms with Crippen molar-refractivity contribution >= 4 is 15.7 Å². The summed E-state index contributed by atoms with van der Waals surface area (Å²) in [5.41, 5.74) is 0.554. The molecule has 0 fully saturated rings. The van der Waals surface area contributed by atoms with Crippen molar-refractivity contribution in [3.8, 4) is 0 Å². The van der Waals surface area contributed by atoms with E-state index in [2.05, 4.69) is 11.1 Å². The summed E-state index contributed by atoms with van der Waals surface area (Å²) in [4.78, 5) is 3.86. The van der Waals surface area contributed by atoms with Crippen LogP contribution in [0.5, 0.6) is 0 Å². The van der Waals surface area contributed by atoms with Gasteiger partial charge in [-0.05, 0) is 30.3 Å². The molecule has 0 unspecified atom stereocenters. The molecule has 0 spiro atoms. The van der Waals surface area contributed by atoms with E-state index in [1.807, 2.05) is 0 Å². The molecule has 2 aromatic rings. The Morgan fingerprint density at radius 3 is 2.65 bits per heavy atom. The highest BCUT2D eigenvalue weighted by atomic mass is 32.2. The van der Waals surface area contributed by atoms with E-state index in [1.165, 1.54) is 23.6 Å². The van der Waals surface area contributed by atoms with Crippen LogP contribution < -0.4 is 4.31 Å². The molecule has 5 heteroatoms. The van der Waals surface area contributed by atoms with Crippen LogP contribution in [0.1, 0.15) is 0 Å². The number of rotatable bonds is 3. The molecule has 0 saturated carbocycles. The van der Waals surface area contributed by atoms with E-state index >= 15 is 0 Å². The lowest BCUT2D eigenvalue weighted by molar-refractivity contribution is 0.590. The Morgan fingerprint density at radius 2 is 2.06 bits per heavy atom. The van der Waals surface area contributed by atoms with Gasteiger partial charge >= 0.3 is 0 Å². The van der Waals surface area contributed by atoms with Crippen LogP contribution >= 0.6 is 0 Å². The highest BCUT2D eigenvalue weighted by Gasteiger charge is 2.21. The molecular weight excluding hydrogens is 236 g/mol. The van der Waals surface area contributed by atoms with E-state index in [-0.39, 0.29) is 5.03 Å². The Balaban J connectivity index is 2.41. The van der Waals surface area contributed by atoms with Crippen molar-refractivity contribution in [1.82, 2.24) is 4.98 Å². The molecule has 2 rings (SSSR count). The molecule has 1 aromatic carbocycles. The maximum Gasteiger partial charge on any atom is 0.281 e. The van der Waals surface area contributed by atoms with Crippen LogP contribution in [0.2, 0.25) is 0 Å². The zero-order valence-electron chi connectivity index (χ0n) is 9.24. The molecule has 0 saturated heterocycles. The lowest BCUT2D eigenvalue weighted by atomic mass is 10.3. The Kier molecular flexibility index (Phi) is 3.10. The third-order valence-electron chi connectivity index (χ3n) is 2.32. The number of pyridine rings is 1. The maximum absolute atomic E-state index is 12.2. The number of benzene rings is 1. The minimum Gasteiger partial charge on any atom is -0.268 e. The molecule has 0 aliphatic heterocycles. The van der Waals surface area contributed by atoms with Gasteiger partial charge in [0.1, 0.15) is 0 Å². The smallest absolute Gasteiger partial charge is 0.268 e. The van der Waals surface area contributed by atoms with Crippen molar-refractivity contribution in [1.29, 1.82) is 0 Å². The standard InChI is InChI=1S/C12H11N2O2S/c1-14(11-7-3-2-4-8-11)17(15,16)12-9-5-6-10-13-12/h2-3,5-10H,1H3. The molecule has 4 nitrogen and oxygen atoms in total. The summed E-state index contributed by atoms with van der Waals surface area (Å²) in [7, 11) is -2.10. The zero-order valence-corrected chi connectivity index (χ0v) is 10.1. The van der Waals surface area contributed by atoms with Crippen LogP contribution in [0.3, 0.4) is 0 Å². The molecule has 0 N–H and O–H groups in total. The van der Waals surface area contributed by atoms with E-state index in [0.29, 0.717) is 5.69 Å². The quantitative estimate of drug-likeness (QED) is 0.829. The zero-order chi connectivity index (χ0) is 12.3. The third kappa shape index (κ3) is 2.29. The monoisotopic (exact) mass is 247 g/mol. The van der Waals surface area contributed by atoms with Crippen LogP contribution in [0.4, 0.5) is 5.69 Å². The fourth-order valence-corrected chi connectivity index (χ4v) is 2.47. The summed E-state index contributed by atoms with van der Waals surface area (Å²) in [5.74, 6) is 0. The number of hydrogen-bond acceptors (Lipinski definition) is 3. The summed E-state index contributed by atoms with van der Waals surface area (Å²) in [6, 6.07) is 14.4. The van der Waals surface area contributed by atoms with Crippen LogP contribution in [0.15, 0.2) is 53.7 Å². The molecular formula is C12H11N2O2S. The average molecular weight is 247 g/mol. The van der Waals surface area contributed by atoms with Gasteiger partial charge in [0, 0.05) is 13.2 Å². The first-order valence-corrected chi connectivity index (χ1v) is 6.42. The van der Waals surface area contributed by atoms with Gasteiger partial charge < -0.3 is 0 Å². The molecule has 17 heavy (non-hydrogen) atoms. The van der Waals surface area contributed by atoms with Crippen LogP contribution in [-0.4, -0.2) is 20.4 Å². The Bertz CT molecular complexity index is 582. The van der Waals surface area contributed by atoms with E-state index in [0.717, 1.165) is 0 Å². The Morgan fingerprint density at radius 1 is 1.24 bits per heavy atom. The van der Waals surface area contributed by atoms with Crippen LogP contribution in [-0.2, 0) is 10.0 Å². The number of hydrogen-bond donors (Lipinski definition) is 0. The van der Waals surface area contributed by atoms with Gasteiger partial charge in [0.2, 0.25) is 0 Å². The first-order valence-electron chi connectivity index (χ1n) is 4.98. The predicted octanol–water partition coefficient (Wildman–Crippen LogP) is 1.71. The topological polar surface area (TPSA) is 50.3 Å². The van der Waals surface area contributed by atoms with Gasteiger partial charge in [-0.25, -0.2) is 4.98 Å². The first-order chi connectivity index (χ1) is 8.12. The predicted molar refractivity (Wildman–Crippen MR) is 65.1 cm³/mol. The molecule has 0 atom stereocenters. The summed E-state index contributed by atoms with van der Waals surface area (Å²) < 4.78 is 25.6. The minimum atomic E-state index is -3.59. The lowest BCUT2D eigenvalue weighted by Crippen LogP contribution is -2.27. The number of aromatic nitrogens is 1. The highest BCUT2D eigenvalue weighted by Crippen LogP contribution is 2.19. The number of sulfonamides is 1. The maximum atomic E-state index is 12.2. The Hall–Kier alpha value is -1.88. The van der Waals surface area contributed by atoms with Gasteiger partial charge in [-0.1, -0.05) is 18.2 Å². The van der Waals surface area contributed by atoms with Gasteiger partial charge in [-0.2, -0.15) is 8.42 Å². The highest BCUT2D eigenvalue weighted by molar-refractivity contribution is 7.92. The molecule has 0 amide bonds. The van der Waals surface area contributed by atoms with Crippen molar-refractivity contribution in [2.75, 3.05) is 11.4 Å².